The molecule has 2 aromatic carbocycles. The zero-order chi connectivity index (χ0) is 24.5. The Labute approximate surface area is 189 Å². The second-order valence-corrected chi connectivity index (χ2v) is 7.64. The van der Waals surface area contributed by atoms with Gasteiger partial charge in [0.05, 0.1) is 4.92 Å². The van der Waals surface area contributed by atoms with Crippen LogP contribution in [0.2, 0.25) is 0 Å². The molecular weight excluding hydrogens is 435 g/mol. The van der Waals surface area contributed by atoms with Crippen molar-refractivity contribution >= 4 is 23.6 Å². The molecule has 0 saturated carbocycles. The molecule has 2 aromatic rings. The number of nitrogens with two attached hydrogens (primary N) is 1. The number of primary amides is 1. The molecule has 10 nitrogen and oxygen atoms in total. The summed E-state index contributed by atoms with van der Waals surface area (Å²) in [5.41, 5.74) is 5.61. The lowest BCUT2D eigenvalue weighted by Gasteiger charge is -2.24. The first-order valence-corrected chi connectivity index (χ1v) is 10.1. The lowest BCUT2D eigenvalue weighted by Crippen LogP contribution is -2.55. The van der Waals surface area contributed by atoms with Crippen LogP contribution in [0.1, 0.15) is 25.0 Å². The highest BCUT2D eigenvalue weighted by atomic mass is 19.1. The highest BCUT2D eigenvalue weighted by Gasteiger charge is 2.29. The van der Waals surface area contributed by atoms with Crippen molar-refractivity contribution in [2.24, 2.45) is 11.7 Å². The van der Waals surface area contributed by atoms with Crippen LogP contribution in [0, 0.1) is 21.8 Å². The zero-order valence-electron chi connectivity index (χ0n) is 18.1. The number of hydrogen-bond acceptors (Lipinski definition) is 6. The van der Waals surface area contributed by atoms with E-state index in [1.807, 2.05) is 6.07 Å². The van der Waals surface area contributed by atoms with E-state index in [-0.39, 0.29) is 24.5 Å². The molecule has 0 aliphatic carbocycles. The van der Waals surface area contributed by atoms with Gasteiger partial charge >= 0.3 is 11.8 Å². The van der Waals surface area contributed by atoms with Gasteiger partial charge in [-0.3, -0.25) is 19.7 Å². The fraction of sp³-hybridized carbons (Fsp3) is 0.318. The van der Waals surface area contributed by atoms with Gasteiger partial charge in [0.15, 0.2) is 0 Å². The summed E-state index contributed by atoms with van der Waals surface area (Å²) in [5.74, 6) is -2.98. The van der Waals surface area contributed by atoms with Gasteiger partial charge in [-0.15, -0.1) is 0 Å². The number of ether oxygens (including phenoxy) is 1. The number of alkyl carbamates (subject to hydrolysis) is 1. The van der Waals surface area contributed by atoms with Crippen molar-refractivity contribution in [1.29, 1.82) is 0 Å². The predicted octanol–water partition coefficient (Wildman–Crippen LogP) is 2.20. The standard InChI is InChI=1S/C22H25FN4O6/c1-13(2)19(26-22(30)33-12-14-6-4-3-5-7-14)21(29)25-17(20(24)28)10-15-8-9-16(23)18(11-15)27(31)32/h3-9,11,13,17,19H,10,12H2,1-2H3,(H2,24,28)(H,25,29)(H,26,30)/t17-,19-/m1/s1. The highest BCUT2D eigenvalue weighted by Crippen LogP contribution is 2.19. The molecule has 2 atom stereocenters. The molecule has 2 rings (SSSR count). The average Bonchev–Trinajstić information content (AvgIpc) is 2.76. The topological polar surface area (TPSA) is 154 Å². The van der Waals surface area contributed by atoms with E-state index < -0.39 is 46.4 Å². The van der Waals surface area contributed by atoms with E-state index in [0.29, 0.717) is 0 Å². The molecule has 11 heteroatoms. The molecule has 0 aliphatic heterocycles. The van der Waals surface area contributed by atoms with Gasteiger partial charge in [0.1, 0.15) is 18.7 Å². The minimum Gasteiger partial charge on any atom is -0.445 e. The minimum absolute atomic E-state index is 0.00631. The second-order valence-electron chi connectivity index (χ2n) is 7.64. The van der Waals surface area contributed by atoms with E-state index in [9.17, 15) is 28.9 Å². The third-order valence-electron chi connectivity index (χ3n) is 4.74. The molecular formula is C22H25FN4O6. The van der Waals surface area contributed by atoms with Gasteiger partial charge < -0.3 is 21.1 Å². The molecule has 0 fully saturated rings. The van der Waals surface area contributed by atoms with E-state index in [0.717, 1.165) is 17.7 Å². The summed E-state index contributed by atoms with van der Waals surface area (Å²) in [6.07, 6.45) is -1.02. The lowest BCUT2D eigenvalue weighted by atomic mass is 10.0. The molecule has 176 valence electrons. The van der Waals surface area contributed by atoms with E-state index in [1.165, 1.54) is 6.07 Å². The Balaban J connectivity index is 2.05. The molecule has 3 amide bonds. The molecule has 0 unspecified atom stereocenters. The number of rotatable bonds is 10. The Morgan fingerprint density at radius 1 is 1.09 bits per heavy atom. The highest BCUT2D eigenvalue weighted by molar-refractivity contribution is 5.91. The summed E-state index contributed by atoms with van der Waals surface area (Å²) in [7, 11) is 0. The maximum absolute atomic E-state index is 13.6. The molecule has 0 radical (unpaired) electrons. The van der Waals surface area contributed by atoms with Gasteiger partial charge in [-0.2, -0.15) is 4.39 Å². The van der Waals surface area contributed by atoms with Gasteiger partial charge in [-0.25, -0.2) is 4.79 Å². The van der Waals surface area contributed by atoms with E-state index in [2.05, 4.69) is 10.6 Å². The molecule has 0 heterocycles. The SMILES string of the molecule is CC(C)[C@@H](NC(=O)OCc1ccccc1)C(=O)N[C@H](Cc1ccc(F)c([N+](=O)[O-])c1)C(N)=O. The van der Waals surface area contributed by atoms with Crippen LogP contribution in [-0.4, -0.2) is 34.9 Å². The van der Waals surface area contributed by atoms with Crippen LogP contribution in [0.4, 0.5) is 14.9 Å². The third kappa shape index (κ3) is 7.56. The number of nitrogens with one attached hydrogen (secondary N) is 2. The first-order chi connectivity index (χ1) is 15.6. The molecule has 33 heavy (non-hydrogen) atoms. The predicted molar refractivity (Wildman–Crippen MR) is 116 cm³/mol. The summed E-state index contributed by atoms with van der Waals surface area (Å²) >= 11 is 0. The number of carbonyl (C=O) groups excluding carboxylic acids is 3. The maximum atomic E-state index is 13.6. The van der Waals surface area contributed by atoms with E-state index >= 15 is 0 Å². The number of halogens is 1. The van der Waals surface area contributed by atoms with Crippen molar-refractivity contribution in [3.8, 4) is 0 Å². The van der Waals surface area contributed by atoms with Crippen LogP contribution in [0.3, 0.4) is 0 Å². The molecule has 0 aliphatic rings. The maximum Gasteiger partial charge on any atom is 0.408 e. The van der Waals surface area contributed by atoms with Crippen molar-refractivity contribution in [2.75, 3.05) is 0 Å². The van der Waals surface area contributed by atoms with Crippen molar-refractivity contribution < 1.29 is 28.4 Å². The second kappa shape index (κ2) is 11.6. The first kappa shape index (κ1) is 25.2. The Kier molecular flexibility index (Phi) is 8.84. The van der Waals surface area contributed by atoms with Crippen LogP contribution in [0.15, 0.2) is 48.5 Å². The van der Waals surface area contributed by atoms with Crippen LogP contribution in [0.25, 0.3) is 0 Å². The van der Waals surface area contributed by atoms with Gasteiger partial charge in [-0.1, -0.05) is 50.2 Å². The van der Waals surface area contributed by atoms with E-state index in [4.69, 9.17) is 10.5 Å². The van der Waals surface area contributed by atoms with Crippen LogP contribution in [-0.2, 0) is 27.4 Å². The van der Waals surface area contributed by atoms with Gasteiger partial charge in [0, 0.05) is 12.5 Å². The minimum atomic E-state index is -1.24. The number of nitro groups is 1. The van der Waals surface area contributed by atoms with Crippen molar-refractivity contribution in [1.82, 2.24) is 10.6 Å². The van der Waals surface area contributed by atoms with Crippen molar-refractivity contribution in [2.45, 2.75) is 39.0 Å². The summed E-state index contributed by atoms with van der Waals surface area (Å²) in [6, 6.07) is 9.79. The Hall–Kier alpha value is -4.02. The Morgan fingerprint density at radius 2 is 1.76 bits per heavy atom. The van der Waals surface area contributed by atoms with Gasteiger partial charge in [0.2, 0.25) is 17.6 Å². The van der Waals surface area contributed by atoms with Gasteiger partial charge in [0.25, 0.3) is 0 Å². The molecule has 0 bridgehead atoms. The molecule has 0 saturated heterocycles. The lowest BCUT2D eigenvalue weighted by molar-refractivity contribution is -0.387. The van der Waals surface area contributed by atoms with E-state index in [1.54, 1.807) is 38.1 Å². The molecule has 0 spiro atoms. The summed E-state index contributed by atoms with van der Waals surface area (Å²) < 4.78 is 18.7. The fourth-order valence-electron chi connectivity index (χ4n) is 2.97. The first-order valence-electron chi connectivity index (χ1n) is 10.1. The number of benzene rings is 2. The summed E-state index contributed by atoms with van der Waals surface area (Å²) in [6.45, 7) is 3.38. The number of nitrogens with zero attached hydrogens (tertiary/aromatic N) is 1. The monoisotopic (exact) mass is 460 g/mol. The number of hydrogen-bond donors (Lipinski definition) is 3. The van der Waals surface area contributed by atoms with Crippen LogP contribution >= 0.6 is 0 Å². The van der Waals surface area contributed by atoms with Crippen LogP contribution in [0.5, 0.6) is 0 Å². The average molecular weight is 460 g/mol. The largest absolute Gasteiger partial charge is 0.445 e. The van der Waals surface area contributed by atoms with Crippen molar-refractivity contribution in [3.05, 3.63) is 75.6 Å². The normalized spacial score (nSPS) is 12.5. The Bertz CT molecular complexity index is 1020. The Morgan fingerprint density at radius 3 is 2.33 bits per heavy atom. The smallest absolute Gasteiger partial charge is 0.408 e. The number of nitro benzene ring substituents is 1. The quantitative estimate of drug-likeness (QED) is 0.365. The molecule has 4 N–H and O–H groups in total. The van der Waals surface area contributed by atoms with Crippen LogP contribution < -0.4 is 16.4 Å². The summed E-state index contributed by atoms with van der Waals surface area (Å²) in [5, 5.41) is 15.8. The van der Waals surface area contributed by atoms with Gasteiger partial charge in [-0.05, 0) is 23.1 Å². The fourth-order valence-corrected chi connectivity index (χ4v) is 2.97. The molecule has 0 aromatic heterocycles. The van der Waals surface area contributed by atoms with Crippen molar-refractivity contribution in [3.63, 3.8) is 0 Å². The number of amides is 3. The zero-order valence-corrected chi connectivity index (χ0v) is 18.1. The number of carbonyl (C=O) groups is 3. The third-order valence-corrected chi connectivity index (χ3v) is 4.74. The summed E-state index contributed by atoms with van der Waals surface area (Å²) in [4.78, 5) is 46.9.